The van der Waals surface area contributed by atoms with Crippen molar-refractivity contribution in [1.82, 2.24) is 4.31 Å². The molecule has 0 heterocycles. The van der Waals surface area contributed by atoms with Crippen LogP contribution in [0, 0.1) is 11.3 Å². The standard InChI is InChI=1S/C12H15ClN2O2S/c1-3-12(8-14)18(16,17)15(2)9-10-5-4-6-11(13)7-10/h4-7,12H,3,9H2,1-2H3. The molecule has 1 aromatic rings. The van der Waals surface area contributed by atoms with Gasteiger partial charge in [-0.25, -0.2) is 8.42 Å². The largest absolute Gasteiger partial charge is 0.230 e. The van der Waals surface area contributed by atoms with Crippen molar-refractivity contribution in [1.29, 1.82) is 5.26 Å². The van der Waals surface area contributed by atoms with Crippen molar-refractivity contribution in [3.05, 3.63) is 34.9 Å². The molecule has 1 aromatic carbocycles. The highest BCUT2D eigenvalue weighted by Crippen LogP contribution is 2.16. The third-order valence-corrected chi connectivity index (χ3v) is 4.99. The summed E-state index contributed by atoms with van der Waals surface area (Å²) < 4.78 is 25.3. The monoisotopic (exact) mass is 286 g/mol. The lowest BCUT2D eigenvalue weighted by molar-refractivity contribution is 0.460. The van der Waals surface area contributed by atoms with Crippen LogP contribution in [-0.4, -0.2) is 25.0 Å². The van der Waals surface area contributed by atoms with Crippen molar-refractivity contribution in [2.24, 2.45) is 0 Å². The van der Waals surface area contributed by atoms with Crippen LogP contribution in [-0.2, 0) is 16.6 Å². The van der Waals surface area contributed by atoms with Crippen LogP contribution in [0.15, 0.2) is 24.3 Å². The number of hydrogen-bond acceptors (Lipinski definition) is 3. The van der Waals surface area contributed by atoms with Crippen LogP contribution in [0.3, 0.4) is 0 Å². The Kier molecular flexibility index (Phi) is 5.15. The number of sulfonamides is 1. The van der Waals surface area contributed by atoms with Gasteiger partial charge in [-0.2, -0.15) is 9.57 Å². The predicted octanol–water partition coefficient (Wildman–Crippen LogP) is 2.40. The lowest BCUT2D eigenvalue weighted by atomic mass is 10.2. The lowest BCUT2D eigenvalue weighted by Crippen LogP contribution is -2.34. The van der Waals surface area contributed by atoms with E-state index in [1.165, 1.54) is 11.4 Å². The first kappa shape index (κ1) is 15.0. The first-order valence-corrected chi connectivity index (χ1v) is 7.39. The van der Waals surface area contributed by atoms with E-state index in [0.29, 0.717) is 5.02 Å². The molecule has 0 saturated carbocycles. The van der Waals surface area contributed by atoms with E-state index in [-0.39, 0.29) is 13.0 Å². The molecule has 0 N–H and O–H groups in total. The molecule has 18 heavy (non-hydrogen) atoms. The highest BCUT2D eigenvalue weighted by molar-refractivity contribution is 7.89. The zero-order valence-electron chi connectivity index (χ0n) is 10.3. The number of halogens is 1. The number of benzene rings is 1. The minimum Gasteiger partial charge on any atom is -0.211 e. The van der Waals surface area contributed by atoms with Crippen molar-refractivity contribution in [3.8, 4) is 6.07 Å². The smallest absolute Gasteiger partial charge is 0.211 e. The van der Waals surface area contributed by atoms with Gasteiger partial charge in [-0.1, -0.05) is 30.7 Å². The summed E-state index contributed by atoms with van der Waals surface area (Å²) in [4.78, 5) is 0. The summed E-state index contributed by atoms with van der Waals surface area (Å²) in [5, 5.41) is 8.41. The molecule has 0 spiro atoms. The van der Waals surface area contributed by atoms with Crippen molar-refractivity contribution < 1.29 is 8.42 Å². The van der Waals surface area contributed by atoms with Gasteiger partial charge in [-0.15, -0.1) is 0 Å². The predicted molar refractivity (Wildman–Crippen MR) is 71.5 cm³/mol. The number of nitriles is 1. The molecule has 0 aromatic heterocycles. The molecule has 0 aliphatic rings. The van der Waals surface area contributed by atoms with Gasteiger partial charge in [0.25, 0.3) is 0 Å². The fraction of sp³-hybridized carbons (Fsp3) is 0.417. The molecule has 1 rings (SSSR count). The maximum Gasteiger partial charge on any atom is 0.230 e. The number of nitrogens with zero attached hydrogens (tertiary/aromatic N) is 2. The van der Waals surface area contributed by atoms with E-state index in [9.17, 15) is 8.42 Å². The Morgan fingerprint density at radius 3 is 2.67 bits per heavy atom. The average molecular weight is 287 g/mol. The van der Waals surface area contributed by atoms with E-state index in [4.69, 9.17) is 16.9 Å². The van der Waals surface area contributed by atoms with Gasteiger partial charge < -0.3 is 0 Å². The maximum atomic E-state index is 12.1. The van der Waals surface area contributed by atoms with Crippen molar-refractivity contribution in [2.45, 2.75) is 25.1 Å². The fourth-order valence-corrected chi connectivity index (χ4v) is 3.10. The summed E-state index contributed by atoms with van der Waals surface area (Å²) >= 11 is 5.84. The van der Waals surface area contributed by atoms with Crippen LogP contribution in [0.5, 0.6) is 0 Å². The summed E-state index contributed by atoms with van der Waals surface area (Å²) in [6.07, 6.45) is 0.277. The molecule has 0 radical (unpaired) electrons. The maximum absolute atomic E-state index is 12.1. The first-order chi connectivity index (χ1) is 8.41. The number of hydrogen-bond donors (Lipinski definition) is 0. The van der Waals surface area contributed by atoms with Crippen LogP contribution in [0.1, 0.15) is 18.9 Å². The summed E-state index contributed by atoms with van der Waals surface area (Å²) in [5.41, 5.74) is 0.793. The Labute approximate surface area is 113 Å². The van der Waals surface area contributed by atoms with E-state index in [2.05, 4.69) is 0 Å². The first-order valence-electron chi connectivity index (χ1n) is 5.51. The van der Waals surface area contributed by atoms with Gasteiger partial charge in [0.1, 0.15) is 0 Å². The minimum atomic E-state index is -3.58. The van der Waals surface area contributed by atoms with Gasteiger partial charge >= 0.3 is 0 Å². The normalized spacial score (nSPS) is 13.3. The summed E-state index contributed by atoms with van der Waals surface area (Å²) in [7, 11) is -2.11. The van der Waals surface area contributed by atoms with Gasteiger partial charge in [0.2, 0.25) is 10.0 Å². The molecule has 0 aliphatic heterocycles. The van der Waals surface area contributed by atoms with Gasteiger partial charge in [0, 0.05) is 18.6 Å². The average Bonchev–Trinajstić information content (AvgIpc) is 2.30. The Bertz CT molecular complexity index is 551. The van der Waals surface area contributed by atoms with Crippen molar-refractivity contribution >= 4 is 21.6 Å². The van der Waals surface area contributed by atoms with Crippen LogP contribution in [0.4, 0.5) is 0 Å². The Hall–Kier alpha value is -1.09. The third kappa shape index (κ3) is 3.45. The summed E-state index contributed by atoms with van der Waals surface area (Å²) in [6.45, 7) is 1.89. The van der Waals surface area contributed by atoms with Gasteiger partial charge in [-0.3, -0.25) is 0 Å². The molecule has 1 unspecified atom stereocenters. The fourth-order valence-electron chi connectivity index (χ4n) is 1.57. The SMILES string of the molecule is CCC(C#N)S(=O)(=O)N(C)Cc1cccc(Cl)c1. The van der Waals surface area contributed by atoms with Gasteiger partial charge in [0.15, 0.2) is 5.25 Å². The van der Waals surface area contributed by atoms with E-state index >= 15 is 0 Å². The zero-order chi connectivity index (χ0) is 13.8. The van der Waals surface area contributed by atoms with E-state index in [0.717, 1.165) is 5.56 Å². The van der Waals surface area contributed by atoms with Crippen LogP contribution >= 0.6 is 11.6 Å². The summed E-state index contributed by atoms with van der Waals surface area (Å²) in [5.74, 6) is 0. The lowest BCUT2D eigenvalue weighted by Gasteiger charge is -2.19. The Morgan fingerprint density at radius 2 is 2.17 bits per heavy atom. The van der Waals surface area contributed by atoms with Crippen molar-refractivity contribution in [2.75, 3.05) is 7.05 Å². The zero-order valence-corrected chi connectivity index (χ0v) is 11.9. The van der Waals surface area contributed by atoms with Crippen LogP contribution in [0.25, 0.3) is 0 Å². The molecule has 0 fully saturated rings. The highest BCUT2D eigenvalue weighted by Gasteiger charge is 2.28. The second-order valence-electron chi connectivity index (χ2n) is 3.96. The Morgan fingerprint density at radius 1 is 1.50 bits per heavy atom. The van der Waals surface area contributed by atoms with Crippen LogP contribution in [0.2, 0.25) is 5.02 Å². The van der Waals surface area contributed by atoms with Crippen molar-refractivity contribution in [3.63, 3.8) is 0 Å². The third-order valence-electron chi connectivity index (χ3n) is 2.60. The second kappa shape index (κ2) is 6.19. The van der Waals surface area contributed by atoms with E-state index in [1.54, 1.807) is 31.2 Å². The molecule has 0 saturated heterocycles. The van der Waals surface area contributed by atoms with E-state index < -0.39 is 15.3 Å². The second-order valence-corrected chi connectivity index (χ2v) is 6.62. The molecule has 1 atom stereocenters. The number of rotatable bonds is 5. The Balaban J connectivity index is 2.89. The molecule has 0 bridgehead atoms. The quantitative estimate of drug-likeness (QED) is 0.835. The summed E-state index contributed by atoms with van der Waals surface area (Å²) in [6, 6.07) is 8.81. The molecule has 6 heteroatoms. The van der Waals surface area contributed by atoms with Crippen LogP contribution < -0.4 is 0 Å². The minimum absolute atomic E-state index is 0.209. The molecule has 0 aliphatic carbocycles. The molecule has 98 valence electrons. The molecule has 4 nitrogen and oxygen atoms in total. The molecular formula is C12H15ClN2O2S. The van der Waals surface area contributed by atoms with Gasteiger partial charge in [-0.05, 0) is 24.1 Å². The van der Waals surface area contributed by atoms with E-state index in [1.807, 2.05) is 6.07 Å². The highest BCUT2D eigenvalue weighted by atomic mass is 35.5. The molecule has 0 amide bonds. The van der Waals surface area contributed by atoms with Gasteiger partial charge in [0.05, 0.1) is 6.07 Å². The topological polar surface area (TPSA) is 61.2 Å². The molecular weight excluding hydrogens is 272 g/mol.